The molecule has 4 N–H and O–H groups in total. The van der Waals surface area contributed by atoms with E-state index in [4.69, 9.17) is 19.8 Å². The summed E-state index contributed by atoms with van der Waals surface area (Å²) in [6, 6.07) is 2.23. The van der Waals surface area contributed by atoms with E-state index in [1.165, 1.54) is 0 Å². The van der Waals surface area contributed by atoms with Crippen molar-refractivity contribution < 1.29 is 21.8 Å². The average molecular weight is 310 g/mol. The first-order chi connectivity index (χ1) is 7.23. The third-order valence-electron chi connectivity index (χ3n) is 1.72. The topological polar surface area (TPSA) is 107 Å². The number of hydrogen-bond donors (Lipinski definition) is 4. The number of phenolic OH excluding ortho intramolecular Hbond substituents is 1. The first-order valence-corrected chi connectivity index (χ1v) is 7.84. The zero-order chi connectivity index (χ0) is 12.5. The van der Waals surface area contributed by atoms with Crippen LogP contribution in [-0.2, 0) is 8.53 Å². The van der Waals surface area contributed by atoms with Gasteiger partial charge in [-0.15, -0.1) is 0 Å². The van der Waals surface area contributed by atoms with Crippen molar-refractivity contribution in [2.75, 3.05) is 5.32 Å². The summed E-state index contributed by atoms with van der Waals surface area (Å²) in [5, 5.41) is 11.5. The van der Waals surface area contributed by atoms with E-state index in [9.17, 15) is 13.6 Å². The molecule has 0 spiro atoms. The molecular formula is C8H9AsClNO5. The van der Waals surface area contributed by atoms with Crippen molar-refractivity contribution >= 4 is 41.7 Å². The number of hydrogen-bond acceptors (Lipinski definition) is 3. The molecule has 1 aromatic rings. The second-order valence-corrected chi connectivity index (χ2v) is 6.72. The van der Waals surface area contributed by atoms with Gasteiger partial charge in [0.1, 0.15) is 0 Å². The summed E-state index contributed by atoms with van der Waals surface area (Å²) < 4.78 is 28.9. The molecule has 0 bridgehead atoms. The Morgan fingerprint density at radius 2 is 2.00 bits per heavy atom. The number of anilines is 1. The molecule has 0 heterocycles. The van der Waals surface area contributed by atoms with E-state index >= 15 is 0 Å². The quantitative estimate of drug-likeness (QED) is 0.438. The molecule has 0 saturated heterocycles. The summed E-state index contributed by atoms with van der Waals surface area (Å²) in [5.74, 6) is -1.12. The summed E-state index contributed by atoms with van der Waals surface area (Å²) in [5.41, 5.74) is -0.340. The fourth-order valence-electron chi connectivity index (χ4n) is 1.10. The zero-order valence-electron chi connectivity index (χ0n) is 8.14. The normalized spacial score (nSPS) is 11.2. The Bertz CT molecular complexity index is 484. The number of nitrogens with one attached hydrogen (secondary N) is 1. The third kappa shape index (κ3) is 2.80. The molecule has 1 aromatic carbocycles. The summed E-state index contributed by atoms with van der Waals surface area (Å²) in [4.78, 5) is 10.8. The second kappa shape index (κ2) is 4.51. The van der Waals surface area contributed by atoms with Crippen LogP contribution in [0.15, 0.2) is 12.1 Å². The number of amides is 1. The van der Waals surface area contributed by atoms with Crippen LogP contribution in [0, 0.1) is 0 Å². The number of benzene rings is 1. The van der Waals surface area contributed by atoms with Gasteiger partial charge < -0.3 is 0 Å². The molecule has 1 amide bonds. The monoisotopic (exact) mass is 309 g/mol. The standard InChI is InChI=1S/C8H9AsClNO5/c1-4(12)11-7-5(9(14,15)16)2-3-6(10)8(7)13/h2-3,13H,1H3,(H,11,12)(H2,14,15,16). The van der Waals surface area contributed by atoms with Crippen LogP contribution < -0.4 is 9.67 Å². The zero-order valence-corrected chi connectivity index (χ0v) is 10.8. The van der Waals surface area contributed by atoms with Crippen LogP contribution in [-0.4, -0.2) is 33.4 Å². The van der Waals surface area contributed by atoms with Crippen molar-refractivity contribution in [1.82, 2.24) is 0 Å². The molecule has 8 heteroatoms. The predicted octanol–water partition coefficient (Wildman–Crippen LogP) is -0.435. The molecule has 0 atom stereocenters. The maximum atomic E-state index is 11.1. The summed E-state index contributed by atoms with van der Waals surface area (Å²) >= 11 is 0.345. The van der Waals surface area contributed by atoms with Gasteiger partial charge in [0.15, 0.2) is 0 Å². The molecule has 0 aliphatic carbocycles. The second-order valence-electron chi connectivity index (χ2n) is 3.02. The first kappa shape index (κ1) is 13.1. The van der Waals surface area contributed by atoms with Gasteiger partial charge >= 0.3 is 98.7 Å². The Labute approximate surface area is 98.9 Å². The van der Waals surface area contributed by atoms with Crippen LogP contribution in [0.2, 0.25) is 5.02 Å². The van der Waals surface area contributed by atoms with Crippen molar-refractivity contribution in [3.8, 4) is 5.75 Å². The van der Waals surface area contributed by atoms with Crippen LogP contribution in [0.1, 0.15) is 6.92 Å². The van der Waals surface area contributed by atoms with Crippen LogP contribution in [0.25, 0.3) is 0 Å². The Morgan fingerprint density at radius 3 is 2.44 bits per heavy atom. The molecule has 6 nitrogen and oxygen atoms in total. The van der Waals surface area contributed by atoms with Gasteiger partial charge in [-0.25, -0.2) is 0 Å². The Hall–Kier alpha value is -0.942. The van der Waals surface area contributed by atoms with Gasteiger partial charge in [0.05, 0.1) is 0 Å². The minimum absolute atomic E-state index is 0.101. The molecule has 0 unspecified atom stereocenters. The Kier molecular flexibility index (Phi) is 3.70. The third-order valence-corrected chi connectivity index (χ3v) is 4.13. The number of phenols is 1. The van der Waals surface area contributed by atoms with Crippen LogP contribution in [0.3, 0.4) is 0 Å². The van der Waals surface area contributed by atoms with Gasteiger partial charge in [-0.05, 0) is 0 Å². The summed E-state index contributed by atoms with van der Waals surface area (Å²) in [6.07, 6.45) is 0. The van der Waals surface area contributed by atoms with Gasteiger partial charge in [-0.1, -0.05) is 0 Å². The van der Waals surface area contributed by atoms with E-state index in [0.717, 1.165) is 19.1 Å². The molecule has 88 valence electrons. The van der Waals surface area contributed by atoms with E-state index in [1.54, 1.807) is 0 Å². The Morgan fingerprint density at radius 1 is 1.44 bits per heavy atom. The van der Waals surface area contributed by atoms with E-state index in [1.807, 2.05) is 0 Å². The van der Waals surface area contributed by atoms with Gasteiger partial charge in [0, 0.05) is 0 Å². The number of halogens is 1. The summed E-state index contributed by atoms with van der Waals surface area (Å²) in [7, 11) is 0. The van der Waals surface area contributed by atoms with Crippen LogP contribution >= 0.6 is 11.6 Å². The minimum atomic E-state index is -5.23. The Balaban J connectivity index is 3.45. The van der Waals surface area contributed by atoms with E-state index in [0.29, 0.717) is 0 Å². The number of aromatic hydroxyl groups is 1. The average Bonchev–Trinajstić information content (AvgIpc) is 2.10. The van der Waals surface area contributed by atoms with Crippen molar-refractivity contribution in [1.29, 1.82) is 0 Å². The molecule has 0 fully saturated rings. The SMILES string of the molecule is CC(=O)Nc1c([As](=O)(O)O)ccc(Cl)c1O. The molecule has 0 aliphatic rings. The van der Waals surface area contributed by atoms with Gasteiger partial charge in [0.25, 0.3) is 0 Å². The number of carbonyl (C=O) groups is 1. The molecule has 16 heavy (non-hydrogen) atoms. The van der Waals surface area contributed by atoms with E-state index in [-0.39, 0.29) is 10.7 Å². The van der Waals surface area contributed by atoms with Crippen LogP contribution in [0.5, 0.6) is 5.75 Å². The summed E-state index contributed by atoms with van der Waals surface area (Å²) in [6.45, 7) is 1.15. The fraction of sp³-hybridized carbons (Fsp3) is 0.125. The van der Waals surface area contributed by atoms with E-state index in [2.05, 4.69) is 5.32 Å². The van der Waals surface area contributed by atoms with Crippen molar-refractivity contribution in [2.45, 2.75) is 6.92 Å². The maximum absolute atomic E-state index is 11.1. The van der Waals surface area contributed by atoms with Gasteiger partial charge in [0.2, 0.25) is 0 Å². The van der Waals surface area contributed by atoms with Gasteiger partial charge in [-0.3, -0.25) is 0 Å². The molecule has 0 radical (unpaired) electrons. The van der Waals surface area contributed by atoms with Crippen molar-refractivity contribution in [2.24, 2.45) is 0 Å². The molecule has 0 aromatic heterocycles. The first-order valence-electron chi connectivity index (χ1n) is 4.08. The fourth-order valence-corrected chi connectivity index (χ4v) is 2.77. The van der Waals surface area contributed by atoms with Gasteiger partial charge in [-0.2, -0.15) is 0 Å². The van der Waals surface area contributed by atoms with E-state index < -0.39 is 30.2 Å². The number of rotatable bonds is 2. The van der Waals surface area contributed by atoms with Crippen molar-refractivity contribution in [3.05, 3.63) is 17.2 Å². The number of carbonyl (C=O) groups excluding carboxylic acids is 1. The predicted molar refractivity (Wildman–Crippen MR) is 57.9 cm³/mol. The molecule has 0 saturated carbocycles. The molecule has 0 aliphatic heterocycles. The van der Waals surface area contributed by atoms with Crippen LogP contribution in [0.4, 0.5) is 5.69 Å². The molecule has 1 rings (SSSR count). The van der Waals surface area contributed by atoms with Crippen molar-refractivity contribution in [3.63, 3.8) is 0 Å². The molecular weight excluding hydrogens is 300 g/mol.